The van der Waals surface area contributed by atoms with Gasteiger partial charge in [-0.15, -0.1) is 0 Å². The maximum absolute atomic E-state index is 13.0. The van der Waals surface area contributed by atoms with Crippen LogP contribution in [0.15, 0.2) is 53.4 Å². The van der Waals surface area contributed by atoms with Gasteiger partial charge in [0.15, 0.2) is 0 Å². The van der Waals surface area contributed by atoms with E-state index in [2.05, 4.69) is 17.0 Å². The normalized spacial score (nSPS) is 23.4. The van der Waals surface area contributed by atoms with Gasteiger partial charge >= 0.3 is 0 Å². The van der Waals surface area contributed by atoms with Crippen LogP contribution in [0.25, 0.3) is 0 Å². The van der Waals surface area contributed by atoms with Crippen molar-refractivity contribution in [3.8, 4) is 5.75 Å². The van der Waals surface area contributed by atoms with E-state index in [4.69, 9.17) is 4.74 Å². The predicted octanol–water partition coefficient (Wildman–Crippen LogP) is 4.44. The zero-order valence-corrected chi connectivity index (χ0v) is 18.8. The third kappa shape index (κ3) is 4.71. The molecule has 2 aromatic rings. The molecule has 2 aliphatic rings. The second kappa shape index (κ2) is 8.91. The highest BCUT2D eigenvalue weighted by Gasteiger charge is 2.42. The Labute approximate surface area is 184 Å². The van der Waals surface area contributed by atoms with E-state index in [-0.39, 0.29) is 22.5 Å². The molecule has 0 heterocycles. The summed E-state index contributed by atoms with van der Waals surface area (Å²) >= 11 is 0. The molecule has 4 rings (SSSR count). The zero-order chi connectivity index (χ0) is 22.0. The highest BCUT2D eigenvalue weighted by Crippen LogP contribution is 2.49. The van der Waals surface area contributed by atoms with E-state index in [9.17, 15) is 13.2 Å². The molecule has 0 unspecified atom stereocenters. The number of rotatable bonds is 8. The van der Waals surface area contributed by atoms with Crippen LogP contribution in [0, 0.1) is 17.8 Å². The first-order valence-corrected chi connectivity index (χ1v) is 12.5. The molecule has 4 atom stereocenters. The minimum absolute atomic E-state index is 0.0681. The molecule has 166 valence electrons. The molecular weight excluding hydrogens is 412 g/mol. The number of anilines is 1. The lowest BCUT2D eigenvalue weighted by molar-refractivity contribution is 0.0916. The van der Waals surface area contributed by atoms with Crippen LogP contribution in [0.2, 0.25) is 0 Å². The summed E-state index contributed by atoms with van der Waals surface area (Å²) in [6, 6.07) is 13.0. The van der Waals surface area contributed by atoms with E-state index in [1.54, 1.807) is 36.4 Å². The van der Waals surface area contributed by atoms with Crippen molar-refractivity contribution < 1.29 is 17.9 Å². The molecule has 0 aromatic heterocycles. The number of nitrogens with one attached hydrogen (secondary N) is 2. The summed E-state index contributed by atoms with van der Waals surface area (Å²) in [4.78, 5) is 13.1. The van der Waals surface area contributed by atoms with Gasteiger partial charge in [-0.2, -0.15) is 0 Å². The fraction of sp³-hybridized carbons (Fsp3) is 0.458. The van der Waals surface area contributed by atoms with E-state index in [0.29, 0.717) is 29.8 Å². The van der Waals surface area contributed by atoms with Crippen LogP contribution < -0.4 is 14.8 Å². The topological polar surface area (TPSA) is 84.5 Å². The highest BCUT2D eigenvalue weighted by atomic mass is 32.2. The number of carbonyl (C=O) groups excluding carboxylic acids is 1. The molecule has 0 radical (unpaired) electrons. The van der Waals surface area contributed by atoms with Crippen molar-refractivity contribution in [2.24, 2.45) is 17.8 Å². The standard InChI is InChI=1S/C24H30N2O4S/c1-3-30-19-10-12-20(13-11-19)31(28,29)26-23-7-5-4-6-21(23)24(27)25-16(2)22-15-17-8-9-18(22)14-17/h4-7,10-13,16-18,22,26H,3,8-9,14-15H2,1-2H3,(H,25,27)/t16-,17+,18+,22-/m0/s1. The number of carbonyl (C=O) groups is 1. The number of hydrogen-bond donors (Lipinski definition) is 2. The van der Waals surface area contributed by atoms with Gasteiger partial charge in [-0.3, -0.25) is 9.52 Å². The van der Waals surface area contributed by atoms with E-state index in [1.165, 1.54) is 37.8 Å². The Morgan fingerprint density at radius 2 is 1.84 bits per heavy atom. The van der Waals surface area contributed by atoms with Gasteiger partial charge in [-0.1, -0.05) is 18.6 Å². The van der Waals surface area contributed by atoms with Crippen molar-refractivity contribution in [2.45, 2.75) is 50.5 Å². The smallest absolute Gasteiger partial charge is 0.261 e. The minimum Gasteiger partial charge on any atom is -0.494 e. The molecule has 0 aliphatic heterocycles. The Kier molecular flexibility index (Phi) is 6.23. The number of sulfonamides is 1. The molecule has 2 aliphatic carbocycles. The lowest BCUT2D eigenvalue weighted by Crippen LogP contribution is -2.40. The van der Waals surface area contributed by atoms with Gasteiger partial charge < -0.3 is 10.1 Å². The van der Waals surface area contributed by atoms with Crippen LogP contribution in [0.5, 0.6) is 5.75 Å². The van der Waals surface area contributed by atoms with Crippen molar-refractivity contribution >= 4 is 21.6 Å². The predicted molar refractivity (Wildman–Crippen MR) is 121 cm³/mol. The van der Waals surface area contributed by atoms with Crippen molar-refractivity contribution in [1.82, 2.24) is 5.32 Å². The van der Waals surface area contributed by atoms with E-state index in [1.807, 2.05) is 6.92 Å². The molecule has 2 fully saturated rings. The number of fused-ring (bicyclic) bond motifs is 2. The molecular formula is C24H30N2O4S. The molecule has 6 nitrogen and oxygen atoms in total. The number of hydrogen-bond acceptors (Lipinski definition) is 4. The lowest BCUT2D eigenvalue weighted by Gasteiger charge is -2.28. The molecule has 0 saturated heterocycles. The third-order valence-electron chi connectivity index (χ3n) is 6.65. The fourth-order valence-corrected chi connectivity index (χ4v) is 6.23. The SMILES string of the molecule is CCOc1ccc(S(=O)(=O)Nc2ccccc2C(=O)N[C@@H](C)[C@@H]2C[C@@H]3CC[C@@H]2C3)cc1. The molecule has 7 heteroatoms. The first-order valence-electron chi connectivity index (χ1n) is 11.0. The second-order valence-corrected chi connectivity index (χ2v) is 10.3. The van der Waals surface area contributed by atoms with Gasteiger partial charge in [0.25, 0.3) is 15.9 Å². The quantitative estimate of drug-likeness (QED) is 0.633. The Morgan fingerprint density at radius 3 is 2.48 bits per heavy atom. The average molecular weight is 443 g/mol. The average Bonchev–Trinajstić information content (AvgIpc) is 3.38. The molecule has 31 heavy (non-hydrogen) atoms. The van der Waals surface area contributed by atoms with Gasteiger partial charge in [-0.05, 0) is 87.3 Å². The van der Waals surface area contributed by atoms with Gasteiger partial charge in [-0.25, -0.2) is 8.42 Å². The Hall–Kier alpha value is -2.54. The summed E-state index contributed by atoms with van der Waals surface area (Å²) in [6.45, 7) is 4.44. The summed E-state index contributed by atoms with van der Waals surface area (Å²) in [7, 11) is -3.84. The Bertz CT molecular complexity index is 1040. The van der Waals surface area contributed by atoms with Crippen LogP contribution in [0.4, 0.5) is 5.69 Å². The lowest BCUT2D eigenvalue weighted by atomic mass is 9.84. The maximum Gasteiger partial charge on any atom is 0.261 e. The number of para-hydroxylation sites is 1. The Morgan fingerprint density at radius 1 is 1.10 bits per heavy atom. The van der Waals surface area contributed by atoms with Gasteiger partial charge in [0.2, 0.25) is 0 Å². The van der Waals surface area contributed by atoms with E-state index < -0.39 is 10.0 Å². The second-order valence-electron chi connectivity index (χ2n) is 8.66. The molecule has 2 bridgehead atoms. The Balaban J connectivity index is 1.48. The number of benzene rings is 2. The summed E-state index contributed by atoms with van der Waals surface area (Å²) in [5.74, 6) is 2.38. The van der Waals surface area contributed by atoms with Crippen LogP contribution in [0.1, 0.15) is 49.9 Å². The van der Waals surface area contributed by atoms with Gasteiger partial charge in [0.1, 0.15) is 5.75 Å². The van der Waals surface area contributed by atoms with Crippen molar-refractivity contribution in [1.29, 1.82) is 0 Å². The van der Waals surface area contributed by atoms with Gasteiger partial charge in [0.05, 0.1) is 22.8 Å². The maximum atomic E-state index is 13.0. The van der Waals surface area contributed by atoms with E-state index in [0.717, 1.165) is 5.92 Å². The first-order chi connectivity index (χ1) is 14.9. The first kappa shape index (κ1) is 21.7. The summed E-state index contributed by atoms with van der Waals surface area (Å²) in [6.07, 6.45) is 5.04. The van der Waals surface area contributed by atoms with Crippen molar-refractivity contribution in [2.75, 3.05) is 11.3 Å². The molecule has 1 amide bonds. The van der Waals surface area contributed by atoms with Crippen LogP contribution in [-0.4, -0.2) is 27.0 Å². The van der Waals surface area contributed by atoms with Crippen molar-refractivity contribution in [3.05, 3.63) is 54.1 Å². The van der Waals surface area contributed by atoms with Crippen LogP contribution in [0.3, 0.4) is 0 Å². The number of amides is 1. The third-order valence-corrected chi connectivity index (χ3v) is 8.04. The van der Waals surface area contributed by atoms with Gasteiger partial charge in [0, 0.05) is 6.04 Å². The van der Waals surface area contributed by atoms with Crippen LogP contribution >= 0.6 is 0 Å². The van der Waals surface area contributed by atoms with Crippen molar-refractivity contribution in [3.63, 3.8) is 0 Å². The number of ether oxygens (including phenoxy) is 1. The monoisotopic (exact) mass is 442 g/mol. The van der Waals surface area contributed by atoms with E-state index >= 15 is 0 Å². The summed E-state index contributed by atoms with van der Waals surface area (Å²) < 4.78 is 33.7. The largest absolute Gasteiger partial charge is 0.494 e. The minimum atomic E-state index is -3.84. The summed E-state index contributed by atoms with van der Waals surface area (Å²) in [5.41, 5.74) is 0.598. The summed E-state index contributed by atoms with van der Waals surface area (Å²) in [5, 5.41) is 3.12. The molecule has 0 spiro atoms. The molecule has 2 saturated carbocycles. The molecule has 2 aromatic carbocycles. The van der Waals surface area contributed by atoms with Crippen LogP contribution in [-0.2, 0) is 10.0 Å². The fourth-order valence-electron chi connectivity index (χ4n) is 5.15. The zero-order valence-electron chi connectivity index (χ0n) is 18.0. The highest BCUT2D eigenvalue weighted by molar-refractivity contribution is 7.92. The molecule has 2 N–H and O–H groups in total.